The van der Waals surface area contributed by atoms with Gasteiger partial charge >= 0.3 is 5.97 Å². The average Bonchev–Trinajstić information content (AvgIpc) is 3.34. The second-order valence-corrected chi connectivity index (χ2v) is 9.51. The van der Waals surface area contributed by atoms with Crippen LogP contribution in [0.3, 0.4) is 0 Å². The van der Waals surface area contributed by atoms with Crippen LogP contribution in [0.4, 0.5) is 0 Å². The third-order valence-corrected chi connectivity index (χ3v) is 7.95. The number of nitrogens with zero attached hydrogens (tertiary/aromatic N) is 1. The van der Waals surface area contributed by atoms with Crippen LogP contribution < -0.4 is 5.56 Å². The first kappa shape index (κ1) is 20.8. The highest BCUT2D eigenvalue weighted by Crippen LogP contribution is 2.60. The lowest BCUT2D eigenvalue weighted by Gasteiger charge is -2.32. The van der Waals surface area contributed by atoms with Crippen molar-refractivity contribution in [3.8, 4) is 0 Å². The van der Waals surface area contributed by atoms with Crippen LogP contribution in [0.15, 0.2) is 34.0 Å². The number of sulfonamides is 1. The summed E-state index contributed by atoms with van der Waals surface area (Å²) in [5.74, 6) is -0.280. The topological polar surface area (TPSA) is 96.5 Å². The molecule has 1 aliphatic carbocycles. The lowest BCUT2D eigenvalue weighted by Crippen LogP contribution is -2.40. The molecule has 1 saturated heterocycles. The molecule has 1 aromatic carbocycles. The fourth-order valence-electron chi connectivity index (χ4n) is 4.26. The minimum absolute atomic E-state index is 0. The number of hydrogen-bond acceptors (Lipinski definition) is 5. The van der Waals surface area contributed by atoms with E-state index < -0.39 is 10.0 Å². The Morgan fingerprint density at radius 3 is 2.57 bits per heavy atom. The maximum absolute atomic E-state index is 13.1. The molecule has 1 aromatic heterocycles. The van der Waals surface area contributed by atoms with Gasteiger partial charge in [-0.3, -0.25) is 9.59 Å². The van der Waals surface area contributed by atoms with Crippen molar-refractivity contribution < 1.29 is 17.9 Å². The van der Waals surface area contributed by atoms with E-state index in [1.54, 1.807) is 19.1 Å². The van der Waals surface area contributed by atoms with Gasteiger partial charge in [0.05, 0.1) is 17.9 Å². The van der Waals surface area contributed by atoms with E-state index in [-0.39, 0.29) is 40.2 Å². The first-order valence-electron chi connectivity index (χ1n) is 8.98. The minimum Gasteiger partial charge on any atom is -0.469 e. The number of methoxy groups -OCH3 is 1. The number of aromatic nitrogens is 1. The second-order valence-electron chi connectivity index (χ2n) is 7.57. The quantitative estimate of drug-likeness (QED) is 0.759. The summed E-state index contributed by atoms with van der Waals surface area (Å²) in [5.41, 5.74) is 1.07. The monoisotopic (exact) mass is 426 g/mol. The summed E-state index contributed by atoms with van der Waals surface area (Å²) in [7, 11) is -2.23. The summed E-state index contributed by atoms with van der Waals surface area (Å²) >= 11 is 0. The smallest absolute Gasteiger partial charge is 0.309 e. The molecule has 152 valence electrons. The first-order valence-corrected chi connectivity index (χ1v) is 10.4. The van der Waals surface area contributed by atoms with Crippen LogP contribution in [0.1, 0.15) is 24.8 Å². The van der Waals surface area contributed by atoms with Crippen molar-refractivity contribution in [3.63, 3.8) is 0 Å². The molecule has 1 aliphatic heterocycles. The van der Waals surface area contributed by atoms with Gasteiger partial charge < -0.3 is 9.72 Å². The number of carbonyl (C=O) groups is 1. The SMILES string of the molecule is COC(=O)C1CC12CCN(S(=O)(=O)c1ccc3[nH]c(=O)cc(C)c3c1)CC2.Cl. The van der Waals surface area contributed by atoms with Crippen LogP contribution in [-0.2, 0) is 19.6 Å². The lowest BCUT2D eigenvalue weighted by atomic mass is 9.92. The number of esters is 1. The normalized spacial score (nSPS) is 21.3. The molecule has 1 saturated carbocycles. The summed E-state index contributed by atoms with van der Waals surface area (Å²) in [6.45, 7) is 2.59. The van der Waals surface area contributed by atoms with Gasteiger partial charge in [-0.15, -0.1) is 12.4 Å². The zero-order valence-electron chi connectivity index (χ0n) is 15.7. The Kier molecular flexibility index (Phi) is 5.33. The lowest BCUT2D eigenvalue weighted by molar-refractivity contribution is -0.143. The van der Waals surface area contributed by atoms with Crippen molar-refractivity contribution in [3.05, 3.63) is 40.2 Å². The van der Waals surface area contributed by atoms with E-state index >= 15 is 0 Å². The molecule has 1 spiro atoms. The zero-order valence-corrected chi connectivity index (χ0v) is 17.4. The Labute approximate surface area is 169 Å². The molecule has 7 nitrogen and oxygen atoms in total. The van der Waals surface area contributed by atoms with E-state index in [2.05, 4.69) is 4.98 Å². The van der Waals surface area contributed by atoms with Crippen LogP contribution in [-0.4, -0.2) is 43.9 Å². The molecule has 1 N–H and O–H groups in total. The third kappa shape index (κ3) is 3.33. The Morgan fingerprint density at radius 2 is 1.93 bits per heavy atom. The third-order valence-electron chi connectivity index (χ3n) is 6.05. The fraction of sp³-hybridized carbons (Fsp3) is 0.474. The summed E-state index contributed by atoms with van der Waals surface area (Å²) < 4.78 is 32.5. The number of nitrogens with one attached hydrogen (secondary N) is 1. The number of fused-ring (bicyclic) bond motifs is 1. The highest BCUT2D eigenvalue weighted by atomic mass is 35.5. The molecule has 0 radical (unpaired) electrons. The Balaban J connectivity index is 0.00000225. The molecule has 9 heteroatoms. The Hall–Kier alpha value is -1.90. The van der Waals surface area contributed by atoms with Gasteiger partial charge in [0.1, 0.15) is 0 Å². The van der Waals surface area contributed by atoms with Gasteiger partial charge in [-0.05, 0) is 55.4 Å². The van der Waals surface area contributed by atoms with Crippen LogP contribution in [0, 0.1) is 18.3 Å². The van der Waals surface area contributed by atoms with Crippen LogP contribution in [0.25, 0.3) is 10.9 Å². The number of hydrogen-bond donors (Lipinski definition) is 1. The molecule has 2 aromatic rings. The number of carbonyl (C=O) groups excluding carboxylic acids is 1. The van der Waals surface area contributed by atoms with Gasteiger partial charge in [-0.25, -0.2) is 8.42 Å². The maximum Gasteiger partial charge on any atom is 0.309 e. The fourth-order valence-corrected chi connectivity index (χ4v) is 5.73. The predicted octanol–water partition coefficient (Wildman–Crippen LogP) is 2.22. The molecule has 0 amide bonds. The van der Waals surface area contributed by atoms with E-state index in [0.717, 1.165) is 17.4 Å². The molecule has 28 heavy (non-hydrogen) atoms. The number of aromatic amines is 1. The molecule has 2 heterocycles. The number of ether oxygens (including phenoxy) is 1. The van der Waals surface area contributed by atoms with Gasteiger partial charge in [0, 0.05) is 30.1 Å². The Morgan fingerprint density at radius 1 is 1.25 bits per heavy atom. The van der Waals surface area contributed by atoms with Crippen molar-refractivity contribution in [2.24, 2.45) is 11.3 Å². The van der Waals surface area contributed by atoms with Gasteiger partial charge in [0.15, 0.2) is 0 Å². The molecule has 4 rings (SSSR count). The zero-order chi connectivity index (χ0) is 19.4. The number of aryl methyl sites for hydroxylation is 1. The van der Waals surface area contributed by atoms with Crippen LogP contribution in [0.5, 0.6) is 0 Å². The number of pyridine rings is 1. The highest BCUT2D eigenvalue weighted by molar-refractivity contribution is 7.89. The highest BCUT2D eigenvalue weighted by Gasteiger charge is 2.59. The number of piperidine rings is 1. The van der Waals surface area contributed by atoms with Crippen LogP contribution >= 0.6 is 12.4 Å². The number of H-pyrrole nitrogens is 1. The van der Waals surface area contributed by atoms with Gasteiger partial charge in [-0.1, -0.05) is 0 Å². The minimum atomic E-state index is -3.62. The molecular formula is C19H23ClN2O5S. The first-order chi connectivity index (χ1) is 12.8. The summed E-state index contributed by atoms with van der Waals surface area (Å²) in [6.07, 6.45) is 2.13. The summed E-state index contributed by atoms with van der Waals surface area (Å²) in [6, 6.07) is 6.25. The number of benzene rings is 1. The summed E-state index contributed by atoms with van der Waals surface area (Å²) in [5, 5.41) is 0.720. The Bertz CT molecular complexity index is 1090. The van der Waals surface area contributed by atoms with Gasteiger partial charge in [-0.2, -0.15) is 4.31 Å². The summed E-state index contributed by atoms with van der Waals surface area (Å²) in [4.78, 5) is 26.3. The van der Waals surface area contributed by atoms with E-state index in [4.69, 9.17) is 4.74 Å². The van der Waals surface area contributed by atoms with Gasteiger partial charge in [0.2, 0.25) is 15.6 Å². The van der Waals surface area contributed by atoms with Crippen LogP contribution in [0.2, 0.25) is 0 Å². The van der Waals surface area contributed by atoms with E-state index in [9.17, 15) is 18.0 Å². The molecule has 0 bridgehead atoms. The predicted molar refractivity (Wildman–Crippen MR) is 107 cm³/mol. The molecular weight excluding hydrogens is 404 g/mol. The van der Waals surface area contributed by atoms with Crippen molar-refractivity contribution in [1.82, 2.24) is 9.29 Å². The van der Waals surface area contributed by atoms with Gasteiger partial charge in [0.25, 0.3) is 0 Å². The second kappa shape index (κ2) is 7.17. The molecule has 1 unspecified atom stereocenters. The number of rotatable bonds is 3. The van der Waals surface area contributed by atoms with E-state index in [1.165, 1.54) is 23.5 Å². The maximum atomic E-state index is 13.1. The van der Waals surface area contributed by atoms with E-state index in [0.29, 0.717) is 31.4 Å². The van der Waals surface area contributed by atoms with Crippen molar-refractivity contribution in [2.75, 3.05) is 20.2 Å². The average molecular weight is 427 g/mol. The van der Waals surface area contributed by atoms with Crippen molar-refractivity contribution in [1.29, 1.82) is 0 Å². The van der Waals surface area contributed by atoms with Crippen molar-refractivity contribution in [2.45, 2.75) is 31.1 Å². The molecule has 1 atom stereocenters. The largest absolute Gasteiger partial charge is 0.469 e. The number of halogens is 1. The standard InChI is InChI=1S/C19H22N2O5S.ClH/c1-12-9-17(22)20-16-4-3-13(10-14(12)16)27(24,25)21-7-5-19(6-8-21)11-15(19)18(23)26-2;/h3-4,9-10,15H,5-8,11H2,1-2H3,(H,20,22);1H. The van der Waals surface area contributed by atoms with E-state index in [1.807, 2.05) is 0 Å². The van der Waals surface area contributed by atoms with Crippen molar-refractivity contribution >= 4 is 39.3 Å². The molecule has 2 fully saturated rings. The molecule has 2 aliphatic rings.